The number of carbonyl (C=O) groups excluding carboxylic acids is 3. The van der Waals surface area contributed by atoms with Crippen LogP contribution in [0.3, 0.4) is 0 Å². The number of carbonyl (C=O) groups is 3. The molecule has 0 bridgehead atoms. The Morgan fingerprint density at radius 1 is 1.00 bits per heavy atom. The molecule has 3 N–H and O–H groups in total. The van der Waals surface area contributed by atoms with Crippen LogP contribution in [-0.2, 0) is 22.7 Å². The molecule has 1 fully saturated rings. The molecule has 0 heterocycles. The van der Waals surface area contributed by atoms with E-state index in [1.165, 1.54) is 0 Å². The van der Waals surface area contributed by atoms with Crippen molar-refractivity contribution in [1.82, 2.24) is 16.0 Å². The van der Waals surface area contributed by atoms with Crippen LogP contribution in [-0.4, -0.2) is 30.0 Å². The smallest absolute Gasteiger partial charge is 0.408 e. The lowest BCUT2D eigenvalue weighted by molar-refractivity contribution is -0.124. The molecule has 0 spiro atoms. The quantitative estimate of drug-likeness (QED) is 0.530. The molecule has 7 nitrogen and oxygen atoms in total. The summed E-state index contributed by atoms with van der Waals surface area (Å²) in [6.07, 6.45) is 2.18. The molecule has 2 aromatic carbocycles. The molecule has 1 aliphatic carbocycles. The van der Waals surface area contributed by atoms with Crippen LogP contribution in [0.5, 0.6) is 0 Å². The van der Waals surface area contributed by atoms with E-state index in [2.05, 4.69) is 16.0 Å². The first kappa shape index (κ1) is 23.3. The Labute approximate surface area is 188 Å². The molecule has 2 atom stereocenters. The number of amides is 3. The Morgan fingerprint density at radius 2 is 1.69 bits per heavy atom. The summed E-state index contributed by atoms with van der Waals surface area (Å²) >= 11 is 0. The van der Waals surface area contributed by atoms with Crippen LogP contribution in [0.15, 0.2) is 54.6 Å². The zero-order valence-electron chi connectivity index (χ0n) is 18.6. The van der Waals surface area contributed by atoms with Crippen molar-refractivity contribution in [3.63, 3.8) is 0 Å². The summed E-state index contributed by atoms with van der Waals surface area (Å²) in [6, 6.07) is 16.1. The molecule has 2 aromatic rings. The second-order valence-electron chi connectivity index (χ2n) is 8.23. The maximum atomic E-state index is 12.8. The van der Waals surface area contributed by atoms with E-state index in [1.807, 2.05) is 56.3 Å². The summed E-state index contributed by atoms with van der Waals surface area (Å²) < 4.78 is 5.27. The fourth-order valence-corrected chi connectivity index (χ4v) is 3.16. The maximum absolute atomic E-state index is 12.8. The number of hydrogen-bond donors (Lipinski definition) is 3. The summed E-state index contributed by atoms with van der Waals surface area (Å²) in [5.74, 6) is -0.405. The minimum atomic E-state index is -0.702. The van der Waals surface area contributed by atoms with E-state index in [4.69, 9.17) is 4.74 Å². The first-order valence-electron chi connectivity index (χ1n) is 11.1. The van der Waals surface area contributed by atoms with E-state index in [-0.39, 0.29) is 24.3 Å². The second kappa shape index (κ2) is 11.3. The highest BCUT2D eigenvalue weighted by Crippen LogP contribution is 2.19. The molecule has 1 aliphatic rings. The molecular weight excluding hydrogens is 406 g/mol. The van der Waals surface area contributed by atoms with Crippen LogP contribution in [0.4, 0.5) is 4.79 Å². The topological polar surface area (TPSA) is 96.5 Å². The number of rotatable bonds is 10. The lowest BCUT2D eigenvalue weighted by Gasteiger charge is -2.23. The highest BCUT2D eigenvalue weighted by Gasteiger charge is 2.26. The van der Waals surface area contributed by atoms with Gasteiger partial charge in [-0.1, -0.05) is 62.7 Å². The minimum Gasteiger partial charge on any atom is -0.445 e. The SMILES string of the molecule is CC[C@H](C)[C@H](NC(=O)OCc1ccccc1)C(=O)NCc1ccc(C(=O)NC2CC2)cc1. The van der Waals surface area contributed by atoms with Crippen molar-refractivity contribution < 1.29 is 19.1 Å². The van der Waals surface area contributed by atoms with Gasteiger partial charge in [-0.15, -0.1) is 0 Å². The van der Waals surface area contributed by atoms with Gasteiger partial charge in [0.15, 0.2) is 0 Å². The molecule has 1 saturated carbocycles. The molecule has 32 heavy (non-hydrogen) atoms. The third-order valence-corrected chi connectivity index (χ3v) is 5.58. The first-order chi connectivity index (χ1) is 15.5. The molecule has 0 aliphatic heterocycles. The summed E-state index contributed by atoms with van der Waals surface area (Å²) in [5.41, 5.74) is 2.35. The summed E-state index contributed by atoms with van der Waals surface area (Å²) in [7, 11) is 0. The van der Waals surface area contributed by atoms with Crippen molar-refractivity contribution in [3.05, 3.63) is 71.3 Å². The number of benzene rings is 2. The Kier molecular flexibility index (Phi) is 8.25. The molecule has 0 radical (unpaired) electrons. The zero-order valence-corrected chi connectivity index (χ0v) is 18.6. The van der Waals surface area contributed by atoms with Gasteiger partial charge >= 0.3 is 6.09 Å². The minimum absolute atomic E-state index is 0.0622. The van der Waals surface area contributed by atoms with Gasteiger partial charge in [-0.3, -0.25) is 9.59 Å². The summed E-state index contributed by atoms with van der Waals surface area (Å²) in [5, 5.41) is 8.52. The van der Waals surface area contributed by atoms with Crippen molar-refractivity contribution in [2.75, 3.05) is 0 Å². The zero-order chi connectivity index (χ0) is 22.9. The van der Waals surface area contributed by atoms with E-state index in [0.29, 0.717) is 18.2 Å². The Balaban J connectivity index is 1.50. The predicted molar refractivity (Wildman–Crippen MR) is 122 cm³/mol. The third kappa shape index (κ3) is 7.11. The molecule has 170 valence electrons. The number of alkyl carbamates (subject to hydrolysis) is 1. The second-order valence-corrected chi connectivity index (χ2v) is 8.23. The Hall–Kier alpha value is -3.35. The van der Waals surface area contributed by atoms with Gasteiger partial charge in [0, 0.05) is 18.2 Å². The number of hydrogen-bond acceptors (Lipinski definition) is 4. The Bertz CT molecular complexity index is 911. The van der Waals surface area contributed by atoms with E-state index in [0.717, 1.165) is 30.4 Å². The molecule has 3 rings (SSSR count). The lowest BCUT2D eigenvalue weighted by atomic mass is 9.98. The van der Waals surface area contributed by atoms with Crippen LogP contribution < -0.4 is 16.0 Å². The standard InChI is InChI=1S/C25H31N3O4/c1-3-17(2)22(28-25(31)32-16-19-7-5-4-6-8-19)24(30)26-15-18-9-11-20(12-10-18)23(29)27-21-13-14-21/h4-12,17,21-22H,3,13-16H2,1-2H3,(H,26,30)(H,27,29)(H,28,31)/t17-,22-/m0/s1. The normalized spacial score (nSPS) is 14.7. The highest BCUT2D eigenvalue weighted by atomic mass is 16.5. The van der Waals surface area contributed by atoms with Gasteiger partial charge in [0.1, 0.15) is 12.6 Å². The van der Waals surface area contributed by atoms with E-state index < -0.39 is 12.1 Å². The van der Waals surface area contributed by atoms with Gasteiger partial charge in [-0.25, -0.2) is 4.79 Å². The van der Waals surface area contributed by atoms with Crippen LogP contribution >= 0.6 is 0 Å². The predicted octanol–water partition coefficient (Wildman–Crippen LogP) is 3.54. The van der Waals surface area contributed by atoms with Gasteiger partial charge in [-0.2, -0.15) is 0 Å². The van der Waals surface area contributed by atoms with Gasteiger partial charge in [0.05, 0.1) is 0 Å². The van der Waals surface area contributed by atoms with Crippen LogP contribution in [0.25, 0.3) is 0 Å². The molecule has 3 amide bonds. The Morgan fingerprint density at radius 3 is 2.31 bits per heavy atom. The number of nitrogens with one attached hydrogen (secondary N) is 3. The van der Waals surface area contributed by atoms with Crippen molar-refractivity contribution in [2.45, 2.75) is 58.3 Å². The molecule has 0 aromatic heterocycles. The van der Waals surface area contributed by atoms with Gasteiger partial charge in [-0.05, 0) is 42.0 Å². The van der Waals surface area contributed by atoms with Crippen LogP contribution in [0, 0.1) is 5.92 Å². The maximum Gasteiger partial charge on any atom is 0.408 e. The fourth-order valence-electron chi connectivity index (χ4n) is 3.16. The molecule has 0 saturated heterocycles. The van der Waals surface area contributed by atoms with Gasteiger partial charge in [0.25, 0.3) is 5.91 Å². The fraction of sp³-hybridized carbons (Fsp3) is 0.400. The average Bonchev–Trinajstić information content (AvgIpc) is 3.64. The van der Waals surface area contributed by atoms with Crippen LogP contribution in [0.1, 0.15) is 54.6 Å². The average molecular weight is 438 g/mol. The van der Waals surface area contributed by atoms with Gasteiger partial charge in [0.2, 0.25) is 5.91 Å². The molecular formula is C25H31N3O4. The molecule has 7 heteroatoms. The van der Waals surface area contributed by atoms with Crippen molar-refractivity contribution >= 4 is 17.9 Å². The largest absolute Gasteiger partial charge is 0.445 e. The first-order valence-corrected chi connectivity index (χ1v) is 11.1. The summed E-state index contributed by atoms with van der Waals surface area (Å²) in [4.78, 5) is 37.1. The molecule has 0 unspecified atom stereocenters. The van der Waals surface area contributed by atoms with Crippen molar-refractivity contribution in [2.24, 2.45) is 5.92 Å². The van der Waals surface area contributed by atoms with Crippen molar-refractivity contribution in [1.29, 1.82) is 0 Å². The number of ether oxygens (including phenoxy) is 1. The van der Waals surface area contributed by atoms with E-state index >= 15 is 0 Å². The van der Waals surface area contributed by atoms with Crippen LogP contribution in [0.2, 0.25) is 0 Å². The highest BCUT2D eigenvalue weighted by molar-refractivity contribution is 5.94. The summed E-state index contributed by atoms with van der Waals surface area (Å²) in [6.45, 7) is 4.32. The van der Waals surface area contributed by atoms with Gasteiger partial charge < -0.3 is 20.7 Å². The van der Waals surface area contributed by atoms with E-state index in [9.17, 15) is 14.4 Å². The third-order valence-electron chi connectivity index (χ3n) is 5.58. The monoisotopic (exact) mass is 437 g/mol. The van der Waals surface area contributed by atoms with E-state index in [1.54, 1.807) is 12.1 Å². The lowest BCUT2D eigenvalue weighted by Crippen LogP contribution is -2.50. The van der Waals surface area contributed by atoms with Crippen molar-refractivity contribution in [3.8, 4) is 0 Å².